The zero-order valence-electron chi connectivity index (χ0n) is 18.4. The van der Waals surface area contributed by atoms with E-state index in [-0.39, 0.29) is 25.1 Å². The summed E-state index contributed by atoms with van der Waals surface area (Å²) in [6, 6.07) is 10.1. The fourth-order valence-electron chi connectivity index (χ4n) is 4.00. The summed E-state index contributed by atoms with van der Waals surface area (Å²) >= 11 is 6.08. The molecule has 0 radical (unpaired) electrons. The van der Waals surface area contributed by atoms with Crippen LogP contribution in [0.2, 0.25) is 5.02 Å². The van der Waals surface area contributed by atoms with Crippen LogP contribution in [0.1, 0.15) is 33.6 Å². The smallest absolute Gasteiger partial charge is 0.322 e. The number of halogens is 2. The Hall–Kier alpha value is -2.90. The largest absolute Gasteiger partial charge is 0.370 e. The molecule has 8 heteroatoms. The minimum Gasteiger partial charge on any atom is -0.370 e. The highest BCUT2D eigenvalue weighted by Gasteiger charge is 2.27. The van der Waals surface area contributed by atoms with Gasteiger partial charge in [-0.2, -0.15) is 5.10 Å². The maximum absolute atomic E-state index is 13.2. The molecule has 1 aromatic heterocycles. The van der Waals surface area contributed by atoms with Gasteiger partial charge in [0, 0.05) is 42.0 Å². The van der Waals surface area contributed by atoms with Crippen LogP contribution in [0.5, 0.6) is 0 Å². The monoisotopic (exact) mass is 456 g/mol. The topological polar surface area (TPSA) is 59.4 Å². The Bertz CT molecular complexity index is 1160. The maximum atomic E-state index is 13.2. The molecule has 0 spiro atoms. The lowest BCUT2D eigenvalue weighted by Crippen LogP contribution is -2.39. The molecule has 0 saturated carbocycles. The van der Waals surface area contributed by atoms with Crippen LogP contribution in [-0.2, 0) is 38.0 Å². The van der Waals surface area contributed by atoms with Crippen LogP contribution in [0.3, 0.4) is 0 Å². The number of nitrogens with zero attached hydrogens (tertiary/aromatic N) is 3. The number of ether oxygens (including phenoxy) is 1. The van der Waals surface area contributed by atoms with Crippen LogP contribution in [0.4, 0.5) is 14.9 Å². The van der Waals surface area contributed by atoms with Gasteiger partial charge in [-0.1, -0.05) is 35.4 Å². The minimum absolute atomic E-state index is 0.128. The summed E-state index contributed by atoms with van der Waals surface area (Å²) in [4.78, 5) is 14.7. The van der Waals surface area contributed by atoms with E-state index in [2.05, 4.69) is 10.4 Å². The number of hydrogen-bond donors (Lipinski definition) is 1. The summed E-state index contributed by atoms with van der Waals surface area (Å²) in [6.45, 7) is 5.64. The van der Waals surface area contributed by atoms with Crippen LogP contribution in [0, 0.1) is 19.7 Å². The fraction of sp³-hybridized carbons (Fsp3) is 0.333. The molecule has 0 aliphatic carbocycles. The lowest BCUT2D eigenvalue weighted by Gasteiger charge is -2.28. The van der Waals surface area contributed by atoms with Crippen molar-refractivity contribution in [1.82, 2.24) is 14.7 Å². The van der Waals surface area contributed by atoms with E-state index in [9.17, 15) is 9.18 Å². The van der Waals surface area contributed by atoms with Crippen molar-refractivity contribution in [3.63, 3.8) is 0 Å². The number of hydrogen-bond acceptors (Lipinski definition) is 3. The molecular weight excluding hydrogens is 431 g/mol. The van der Waals surface area contributed by atoms with Crippen molar-refractivity contribution in [1.29, 1.82) is 0 Å². The van der Waals surface area contributed by atoms with Crippen LogP contribution in [-0.4, -0.2) is 27.3 Å². The molecular formula is C24H26ClFN4O2. The molecule has 1 aliphatic heterocycles. The zero-order valence-corrected chi connectivity index (χ0v) is 19.2. The van der Waals surface area contributed by atoms with E-state index in [1.165, 1.54) is 12.1 Å². The van der Waals surface area contributed by atoms with E-state index in [0.717, 1.165) is 40.2 Å². The van der Waals surface area contributed by atoms with Gasteiger partial charge in [-0.25, -0.2) is 9.18 Å². The summed E-state index contributed by atoms with van der Waals surface area (Å²) < 4.78 is 20.9. The van der Waals surface area contributed by atoms with Gasteiger partial charge >= 0.3 is 6.03 Å². The molecule has 4 rings (SSSR count). The Balaban J connectivity index is 1.42. The van der Waals surface area contributed by atoms with Gasteiger partial charge in [0.25, 0.3) is 0 Å². The van der Waals surface area contributed by atoms with Crippen LogP contribution < -0.4 is 5.32 Å². The predicted octanol–water partition coefficient (Wildman–Crippen LogP) is 5.14. The number of carbonyl (C=O) groups is 1. The SMILES string of the molecule is Cc1ccc(NC(=O)N2CCc3c(c(COCc4ccc(F)cc4Cl)nn3C)C2)c(C)c1. The quantitative estimate of drug-likeness (QED) is 0.578. The summed E-state index contributed by atoms with van der Waals surface area (Å²) in [6.07, 6.45) is 0.725. The van der Waals surface area contributed by atoms with Gasteiger partial charge in [-0.3, -0.25) is 4.68 Å². The average Bonchev–Trinajstić information content (AvgIpc) is 3.06. The van der Waals surface area contributed by atoms with Gasteiger partial charge in [0.1, 0.15) is 5.82 Å². The number of anilines is 1. The molecule has 32 heavy (non-hydrogen) atoms. The third-order valence-corrected chi connectivity index (χ3v) is 6.10. The van der Waals surface area contributed by atoms with Crippen LogP contribution in [0.15, 0.2) is 36.4 Å². The highest BCUT2D eigenvalue weighted by Crippen LogP contribution is 2.25. The highest BCUT2D eigenvalue weighted by atomic mass is 35.5. The number of urea groups is 1. The van der Waals surface area contributed by atoms with Gasteiger partial charge in [0.05, 0.1) is 25.5 Å². The Morgan fingerprint density at radius 1 is 1.22 bits per heavy atom. The highest BCUT2D eigenvalue weighted by molar-refractivity contribution is 6.31. The second-order valence-electron chi connectivity index (χ2n) is 8.14. The molecule has 2 heterocycles. The Kier molecular flexibility index (Phi) is 6.48. The van der Waals surface area contributed by atoms with Gasteiger partial charge < -0.3 is 15.0 Å². The van der Waals surface area contributed by atoms with Gasteiger partial charge in [0.15, 0.2) is 0 Å². The first-order chi connectivity index (χ1) is 15.3. The Morgan fingerprint density at radius 2 is 2.03 bits per heavy atom. The second-order valence-corrected chi connectivity index (χ2v) is 8.55. The first kappa shape index (κ1) is 22.3. The molecule has 168 valence electrons. The third-order valence-electron chi connectivity index (χ3n) is 5.75. The molecule has 2 aromatic carbocycles. The normalized spacial score (nSPS) is 13.2. The molecule has 0 saturated heterocycles. The minimum atomic E-state index is -0.378. The molecule has 0 bridgehead atoms. The van der Waals surface area contributed by atoms with Crippen molar-refractivity contribution >= 4 is 23.3 Å². The van der Waals surface area contributed by atoms with Crippen LogP contribution >= 0.6 is 11.6 Å². The van der Waals surface area contributed by atoms with E-state index in [4.69, 9.17) is 16.3 Å². The fourth-order valence-corrected chi connectivity index (χ4v) is 4.23. The first-order valence-corrected chi connectivity index (χ1v) is 10.9. The number of aryl methyl sites for hydroxylation is 3. The molecule has 2 amide bonds. The van der Waals surface area contributed by atoms with E-state index in [0.29, 0.717) is 23.7 Å². The van der Waals surface area contributed by atoms with Crippen molar-refractivity contribution in [3.8, 4) is 0 Å². The van der Waals surface area contributed by atoms with Crippen molar-refractivity contribution in [2.24, 2.45) is 7.05 Å². The molecule has 0 unspecified atom stereocenters. The van der Waals surface area contributed by atoms with Crippen molar-refractivity contribution in [3.05, 3.63) is 80.9 Å². The van der Waals surface area contributed by atoms with E-state index >= 15 is 0 Å². The van der Waals surface area contributed by atoms with E-state index in [1.54, 1.807) is 11.0 Å². The number of nitrogens with one attached hydrogen (secondary N) is 1. The molecule has 3 aromatic rings. The number of fused-ring (bicyclic) bond motifs is 1. The lowest BCUT2D eigenvalue weighted by atomic mass is 10.1. The standard InChI is InChI=1S/C24H26ClFN4O2/c1-15-4-7-21(16(2)10-15)27-24(31)30-9-8-23-19(12-30)22(28-29(23)3)14-32-13-17-5-6-18(26)11-20(17)25/h4-7,10-11H,8-9,12-14H2,1-3H3,(H,27,31). The van der Waals surface area contributed by atoms with Crippen molar-refractivity contribution in [2.75, 3.05) is 11.9 Å². The first-order valence-electron chi connectivity index (χ1n) is 10.5. The summed E-state index contributed by atoms with van der Waals surface area (Å²) in [5.41, 5.74) is 6.64. The summed E-state index contributed by atoms with van der Waals surface area (Å²) in [5.74, 6) is -0.378. The second kappa shape index (κ2) is 9.30. The van der Waals surface area contributed by atoms with Crippen LogP contribution in [0.25, 0.3) is 0 Å². The Labute approximate surface area is 191 Å². The molecule has 1 aliphatic rings. The van der Waals surface area contributed by atoms with Gasteiger partial charge in [0.2, 0.25) is 0 Å². The summed E-state index contributed by atoms with van der Waals surface area (Å²) in [5, 5.41) is 7.96. The molecule has 0 fully saturated rings. The number of carbonyl (C=O) groups excluding carboxylic acids is 1. The van der Waals surface area contributed by atoms with Crippen molar-refractivity contribution in [2.45, 2.75) is 40.0 Å². The maximum Gasteiger partial charge on any atom is 0.322 e. The summed E-state index contributed by atoms with van der Waals surface area (Å²) in [7, 11) is 1.91. The molecule has 1 N–H and O–H groups in total. The third kappa shape index (κ3) is 4.79. The average molecular weight is 457 g/mol. The number of benzene rings is 2. The Morgan fingerprint density at radius 3 is 2.78 bits per heavy atom. The zero-order chi connectivity index (χ0) is 22.8. The van der Waals surface area contributed by atoms with Crippen molar-refractivity contribution < 1.29 is 13.9 Å². The van der Waals surface area contributed by atoms with E-state index in [1.807, 2.05) is 43.8 Å². The molecule has 0 atom stereocenters. The number of aromatic nitrogens is 2. The van der Waals surface area contributed by atoms with Gasteiger partial charge in [-0.05, 0) is 43.2 Å². The molecule has 6 nitrogen and oxygen atoms in total. The van der Waals surface area contributed by atoms with Gasteiger partial charge in [-0.15, -0.1) is 0 Å². The number of rotatable bonds is 5. The lowest BCUT2D eigenvalue weighted by molar-refractivity contribution is 0.103. The predicted molar refractivity (Wildman–Crippen MR) is 122 cm³/mol. The number of amides is 2. The van der Waals surface area contributed by atoms with E-state index < -0.39 is 0 Å².